The molecule has 2 rings (SSSR count). The zero-order valence-corrected chi connectivity index (χ0v) is 10.0. The number of nitrogens with one attached hydrogen (secondary N) is 2. The molecule has 5 nitrogen and oxygen atoms in total. The molecule has 1 atom stereocenters. The Hall–Kier alpha value is -2.06. The van der Waals surface area contributed by atoms with Gasteiger partial charge in [-0.1, -0.05) is 0 Å². The Kier molecular flexibility index (Phi) is 3.80. The molecular formula is C13H16N4O. The minimum atomic E-state index is -0.268. The number of nitrogens with two attached hydrogens (primary N) is 1. The summed E-state index contributed by atoms with van der Waals surface area (Å²) in [5.41, 5.74) is 7.11. The van der Waals surface area contributed by atoms with E-state index in [1.54, 1.807) is 24.3 Å². The van der Waals surface area contributed by atoms with Gasteiger partial charge in [-0.05, 0) is 43.0 Å². The van der Waals surface area contributed by atoms with Crippen LogP contribution in [0.15, 0.2) is 24.3 Å². The Morgan fingerprint density at radius 3 is 2.67 bits per heavy atom. The highest BCUT2D eigenvalue weighted by Gasteiger charge is 2.28. The number of hydrogen-bond acceptors (Lipinski definition) is 3. The lowest BCUT2D eigenvalue weighted by molar-refractivity contribution is 0.251. The van der Waals surface area contributed by atoms with Gasteiger partial charge in [0, 0.05) is 18.3 Å². The van der Waals surface area contributed by atoms with E-state index in [0.29, 0.717) is 23.7 Å². The van der Waals surface area contributed by atoms with Crippen molar-refractivity contribution in [3.8, 4) is 6.07 Å². The van der Waals surface area contributed by atoms with E-state index in [9.17, 15) is 4.79 Å². The van der Waals surface area contributed by atoms with Gasteiger partial charge in [0.05, 0.1) is 11.6 Å². The first-order valence-electron chi connectivity index (χ1n) is 5.99. The van der Waals surface area contributed by atoms with Crippen molar-refractivity contribution in [2.75, 3.05) is 11.9 Å². The molecule has 1 fully saturated rings. The fourth-order valence-electron chi connectivity index (χ4n) is 1.70. The van der Waals surface area contributed by atoms with E-state index in [0.717, 1.165) is 0 Å². The van der Waals surface area contributed by atoms with Crippen molar-refractivity contribution in [2.45, 2.75) is 18.9 Å². The highest BCUT2D eigenvalue weighted by molar-refractivity contribution is 5.89. The zero-order valence-electron chi connectivity index (χ0n) is 10.0. The molecule has 0 heterocycles. The van der Waals surface area contributed by atoms with E-state index in [2.05, 4.69) is 10.6 Å². The van der Waals surface area contributed by atoms with E-state index < -0.39 is 0 Å². The lowest BCUT2D eigenvalue weighted by atomic mass is 10.2. The minimum absolute atomic E-state index is 0.0525. The molecule has 1 aromatic rings. The minimum Gasteiger partial charge on any atom is -0.336 e. The van der Waals surface area contributed by atoms with Gasteiger partial charge in [0.2, 0.25) is 0 Å². The highest BCUT2D eigenvalue weighted by atomic mass is 16.2. The van der Waals surface area contributed by atoms with Crippen molar-refractivity contribution in [2.24, 2.45) is 11.7 Å². The summed E-state index contributed by atoms with van der Waals surface area (Å²) in [6, 6.07) is 8.51. The molecule has 18 heavy (non-hydrogen) atoms. The van der Waals surface area contributed by atoms with Crippen LogP contribution in [0, 0.1) is 17.2 Å². The van der Waals surface area contributed by atoms with Crippen LogP contribution in [0.2, 0.25) is 0 Å². The van der Waals surface area contributed by atoms with Gasteiger partial charge < -0.3 is 16.4 Å². The average Bonchev–Trinajstić information content (AvgIpc) is 3.21. The first-order valence-corrected chi connectivity index (χ1v) is 5.99. The number of hydrogen-bond donors (Lipinski definition) is 3. The van der Waals surface area contributed by atoms with E-state index in [1.807, 2.05) is 6.07 Å². The van der Waals surface area contributed by atoms with E-state index in [1.165, 1.54) is 12.8 Å². The van der Waals surface area contributed by atoms with Crippen LogP contribution in [-0.2, 0) is 0 Å². The zero-order chi connectivity index (χ0) is 13.0. The SMILES string of the molecule is N#Cc1ccc(NC(=O)NCC(N)C2CC2)cc1. The molecular weight excluding hydrogens is 228 g/mol. The number of nitriles is 1. The summed E-state index contributed by atoms with van der Waals surface area (Å²) in [7, 11) is 0. The summed E-state index contributed by atoms with van der Waals surface area (Å²) in [6.07, 6.45) is 2.33. The van der Waals surface area contributed by atoms with Crippen molar-refractivity contribution in [3.05, 3.63) is 29.8 Å². The molecule has 1 aromatic carbocycles. The third-order valence-electron chi connectivity index (χ3n) is 3.00. The van der Waals surface area contributed by atoms with E-state index in [-0.39, 0.29) is 12.1 Å². The van der Waals surface area contributed by atoms with Gasteiger partial charge in [0.1, 0.15) is 0 Å². The number of amides is 2. The molecule has 4 N–H and O–H groups in total. The van der Waals surface area contributed by atoms with Gasteiger partial charge in [0.15, 0.2) is 0 Å². The van der Waals surface area contributed by atoms with Crippen LogP contribution in [-0.4, -0.2) is 18.6 Å². The molecule has 94 valence electrons. The number of rotatable bonds is 4. The third-order valence-corrected chi connectivity index (χ3v) is 3.00. The number of nitrogens with zero attached hydrogens (tertiary/aromatic N) is 1. The van der Waals surface area contributed by atoms with Crippen LogP contribution in [0.3, 0.4) is 0 Å². The predicted octanol–water partition coefficient (Wildman–Crippen LogP) is 1.42. The molecule has 5 heteroatoms. The number of anilines is 1. The van der Waals surface area contributed by atoms with E-state index >= 15 is 0 Å². The fourth-order valence-corrected chi connectivity index (χ4v) is 1.70. The molecule has 0 aliphatic heterocycles. The quantitative estimate of drug-likeness (QED) is 0.748. The summed E-state index contributed by atoms with van der Waals surface area (Å²) in [5, 5.41) is 14.1. The van der Waals surface area contributed by atoms with Crippen LogP contribution in [0.5, 0.6) is 0 Å². The Balaban J connectivity index is 1.77. The number of urea groups is 1. The van der Waals surface area contributed by atoms with Crippen LogP contribution in [0.1, 0.15) is 18.4 Å². The van der Waals surface area contributed by atoms with Gasteiger partial charge in [-0.2, -0.15) is 5.26 Å². The lowest BCUT2D eigenvalue weighted by Crippen LogP contribution is -2.40. The van der Waals surface area contributed by atoms with Gasteiger partial charge in [0.25, 0.3) is 0 Å². The van der Waals surface area contributed by atoms with Gasteiger partial charge in [-0.15, -0.1) is 0 Å². The first-order chi connectivity index (χ1) is 8.69. The maximum Gasteiger partial charge on any atom is 0.319 e. The molecule has 0 aromatic heterocycles. The maximum absolute atomic E-state index is 11.6. The smallest absolute Gasteiger partial charge is 0.319 e. The fraction of sp³-hybridized carbons (Fsp3) is 0.385. The molecule has 1 unspecified atom stereocenters. The standard InChI is InChI=1S/C13H16N4O/c14-7-9-1-5-11(6-2-9)17-13(18)16-8-12(15)10-3-4-10/h1-2,5-6,10,12H,3-4,8,15H2,(H2,16,17,18). The molecule has 0 saturated heterocycles. The van der Waals surface area contributed by atoms with Crippen LogP contribution >= 0.6 is 0 Å². The van der Waals surface area contributed by atoms with Gasteiger partial charge in [-0.3, -0.25) is 0 Å². The molecule has 0 spiro atoms. The number of benzene rings is 1. The van der Waals surface area contributed by atoms with Gasteiger partial charge in [-0.25, -0.2) is 4.79 Å². The van der Waals surface area contributed by atoms with Crippen LogP contribution < -0.4 is 16.4 Å². The number of carbonyl (C=O) groups excluding carboxylic acids is 1. The van der Waals surface area contributed by atoms with Crippen molar-refractivity contribution in [3.63, 3.8) is 0 Å². The number of carbonyl (C=O) groups is 1. The molecule has 0 radical (unpaired) electrons. The monoisotopic (exact) mass is 244 g/mol. The second-order valence-electron chi connectivity index (χ2n) is 4.53. The van der Waals surface area contributed by atoms with Crippen molar-refractivity contribution in [1.29, 1.82) is 5.26 Å². The Morgan fingerprint density at radius 2 is 2.11 bits per heavy atom. The van der Waals surface area contributed by atoms with Crippen molar-refractivity contribution < 1.29 is 4.79 Å². The molecule has 2 amide bonds. The normalized spacial score (nSPS) is 15.6. The highest BCUT2D eigenvalue weighted by Crippen LogP contribution is 2.31. The molecule has 1 aliphatic carbocycles. The van der Waals surface area contributed by atoms with Crippen LogP contribution in [0.4, 0.5) is 10.5 Å². The summed E-state index contributed by atoms with van der Waals surface area (Å²) < 4.78 is 0. The summed E-state index contributed by atoms with van der Waals surface area (Å²) in [6.45, 7) is 0.493. The van der Waals surface area contributed by atoms with Crippen LogP contribution in [0.25, 0.3) is 0 Å². The van der Waals surface area contributed by atoms with Gasteiger partial charge >= 0.3 is 6.03 Å². The van der Waals surface area contributed by atoms with Crippen molar-refractivity contribution in [1.82, 2.24) is 5.32 Å². The summed E-state index contributed by atoms with van der Waals surface area (Å²) in [5.74, 6) is 0.570. The maximum atomic E-state index is 11.6. The molecule has 1 aliphatic rings. The molecule has 0 bridgehead atoms. The van der Waals surface area contributed by atoms with Crippen molar-refractivity contribution >= 4 is 11.7 Å². The predicted molar refractivity (Wildman–Crippen MR) is 68.9 cm³/mol. The lowest BCUT2D eigenvalue weighted by Gasteiger charge is -2.12. The largest absolute Gasteiger partial charge is 0.336 e. The second kappa shape index (κ2) is 5.52. The Labute approximate surface area is 106 Å². The van der Waals surface area contributed by atoms with E-state index in [4.69, 9.17) is 11.0 Å². The topological polar surface area (TPSA) is 90.9 Å². The third kappa shape index (κ3) is 3.47. The Bertz CT molecular complexity index is 459. The summed E-state index contributed by atoms with van der Waals surface area (Å²) >= 11 is 0. The summed E-state index contributed by atoms with van der Waals surface area (Å²) in [4.78, 5) is 11.6. The molecule has 1 saturated carbocycles. The second-order valence-corrected chi connectivity index (χ2v) is 4.53. The first kappa shape index (κ1) is 12.4. The Morgan fingerprint density at radius 1 is 1.44 bits per heavy atom. The average molecular weight is 244 g/mol.